The minimum Gasteiger partial charge on any atom is -0.382 e. The van der Waals surface area contributed by atoms with Crippen LogP contribution in [0.1, 0.15) is 17.8 Å². The van der Waals surface area contributed by atoms with Crippen molar-refractivity contribution in [2.45, 2.75) is 19.4 Å². The predicted molar refractivity (Wildman–Crippen MR) is 70.2 cm³/mol. The molecule has 1 amide bonds. The molecule has 2 aromatic rings. The van der Waals surface area contributed by atoms with Crippen molar-refractivity contribution < 1.29 is 4.79 Å². The Morgan fingerprint density at radius 2 is 2.50 bits per heavy atom. The van der Waals surface area contributed by atoms with Crippen molar-refractivity contribution >= 4 is 23.1 Å². The molecule has 0 aliphatic rings. The lowest BCUT2D eigenvalue weighted by Crippen LogP contribution is -2.30. The van der Waals surface area contributed by atoms with Gasteiger partial charge >= 0.3 is 0 Å². The Kier molecular flexibility index (Phi) is 3.93. The highest BCUT2D eigenvalue weighted by Gasteiger charge is 2.10. The summed E-state index contributed by atoms with van der Waals surface area (Å²) >= 11 is 1.59. The molecule has 6 nitrogen and oxygen atoms in total. The monoisotopic (exact) mass is 265 g/mol. The molecule has 0 fully saturated rings. The maximum absolute atomic E-state index is 11.7. The van der Waals surface area contributed by atoms with Crippen LogP contribution in [0.5, 0.6) is 0 Å². The lowest BCUT2D eigenvalue weighted by molar-refractivity contribution is -0.121. The number of amides is 1. The van der Waals surface area contributed by atoms with Gasteiger partial charge in [0.05, 0.1) is 5.01 Å². The number of nitrogen functional groups attached to an aromatic ring is 1. The number of hydrogen-bond acceptors (Lipinski definition) is 5. The second-order valence-corrected chi connectivity index (χ2v) is 4.94. The molecule has 0 spiro atoms. The summed E-state index contributed by atoms with van der Waals surface area (Å²) in [5, 5.41) is 9.76. The molecule has 1 atom stereocenters. The summed E-state index contributed by atoms with van der Waals surface area (Å²) in [6.45, 7) is 2.79. The van der Waals surface area contributed by atoms with Gasteiger partial charge in [-0.25, -0.2) is 4.98 Å². The van der Waals surface area contributed by atoms with E-state index in [1.807, 2.05) is 12.3 Å². The van der Waals surface area contributed by atoms with Crippen LogP contribution in [0.15, 0.2) is 23.8 Å². The van der Waals surface area contributed by atoms with Crippen LogP contribution in [0, 0.1) is 0 Å². The van der Waals surface area contributed by atoms with E-state index in [0.29, 0.717) is 12.4 Å². The molecule has 7 heteroatoms. The molecule has 0 saturated heterocycles. The van der Waals surface area contributed by atoms with Crippen LogP contribution in [0.2, 0.25) is 0 Å². The van der Waals surface area contributed by atoms with E-state index >= 15 is 0 Å². The lowest BCUT2D eigenvalue weighted by atomic mass is 10.2. The van der Waals surface area contributed by atoms with Crippen molar-refractivity contribution in [2.24, 2.45) is 0 Å². The summed E-state index contributed by atoms with van der Waals surface area (Å²) in [6, 6.07) is 1.66. The fourth-order valence-corrected chi connectivity index (χ4v) is 2.20. The summed E-state index contributed by atoms with van der Waals surface area (Å²) in [6.07, 6.45) is 3.45. The molecule has 2 aromatic heterocycles. The topological polar surface area (TPSA) is 85.8 Å². The molecule has 1 unspecified atom stereocenters. The van der Waals surface area contributed by atoms with Crippen molar-refractivity contribution in [3.05, 3.63) is 28.8 Å². The fourth-order valence-electron chi connectivity index (χ4n) is 1.50. The van der Waals surface area contributed by atoms with E-state index in [4.69, 9.17) is 5.73 Å². The number of carbonyl (C=O) groups is 1. The molecule has 96 valence electrons. The van der Waals surface area contributed by atoms with Crippen LogP contribution < -0.4 is 11.1 Å². The Morgan fingerprint density at radius 3 is 3.11 bits per heavy atom. The highest BCUT2D eigenvalue weighted by molar-refractivity contribution is 7.09. The largest absolute Gasteiger partial charge is 0.382 e. The van der Waals surface area contributed by atoms with Gasteiger partial charge in [-0.1, -0.05) is 6.92 Å². The number of hydrogen-bond donors (Lipinski definition) is 2. The third kappa shape index (κ3) is 3.30. The molecule has 2 rings (SSSR count). The molecule has 0 bridgehead atoms. The molecule has 0 aliphatic heterocycles. The minimum absolute atomic E-state index is 0.0819. The van der Waals surface area contributed by atoms with Crippen molar-refractivity contribution in [2.75, 3.05) is 12.3 Å². The molecule has 0 aromatic carbocycles. The van der Waals surface area contributed by atoms with Crippen LogP contribution >= 0.6 is 11.3 Å². The van der Waals surface area contributed by atoms with Crippen LogP contribution in [0.4, 0.5) is 5.82 Å². The highest BCUT2D eigenvalue weighted by Crippen LogP contribution is 2.16. The maximum atomic E-state index is 11.7. The SMILES string of the molecule is CC(CNC(=O)Cn1ccc(N)n1)c1nccs1. The first-order valence-electron chi connectivity index (χ1n) is 5.60. The molecule has 2 heterocycles. The molecule has 0 radical (unpaired) electrons. The predicted octanol–water partition coefficient (Wildman–Crippen LogP) is 0.842. The van der Waals surface area contributed by atoms with Gasteiger partial charge in [0, 0.05) is 30.2 Å². The third-order valence-electron chi connectivity index (χ3n) is 2.45. The van der Waals surface area contributed by atoms with Gasteiger partial charge in [-0.3, -0.25) is 9.48 Å². The molecule has 3 N–H and O–H groups in total. The van der Waals surface area contributed by atoms with E-state index in [1.165, 1.54) is 4.68 Å². The van der Waals surface area contributed by atoms with Crippen molar-refractivity contribution in [3.8, 4) is 0 Å². The normalized spacial score (nSPS) is 12.3. The highest BCUT2D eigenvalue weighted by atomic mass is 32.1. The zero-order valence-corrected chi connectivity index (χ0v) is 10.9. The first kappa shape index (κ1) is 12.6. The van der Waals surface area contributed by atoms with Crippen LogP contribution in [-0.4, -0.2) is 27.2 Å². The maximum Gasteiger partial charge on any atom is 0.241 e. The van der Waals surface area contributed by atoms with Crippen molar-refractivity contribution in [3.63, 3.8) is 0 Å². The Morgan fingerprint density at radius 1 is 1.67 bits per heavy atom. The van der Waals surface area contributed by atoms with Crippen molar-refractivity contribution in [1.29, 1.82) is 0 Å². The standard InChI is InChI=1S/C11H15N5OS/c1-8(11-13-3-5-18-11)6-14-10(17)7-16-4-2-9(12)15-16/h2-5,8H,6-7H2,1H3,(H2,12,15)(H,14,17). The smallest absolute Gasteiger partial charge is 0.241 e. The van der Waals surface area contributed by atoms with Crippen LogP contribution in [-0.2, 0) is 11.3 Å². The second-order valence-electron chi connectivity index (χ2n) is 4.01. The fraction of sp³-hybridized carbons (Fsp3) is 0.364. The van der Waals surface area contributed by atoms with E-state index in [-0.39, 0.29) is 18.4 Å². The Balaban J connectivity index is 1.78. The van der Waals surface area contributed by atoms with Gasteiger partial charge in [0.25, 0.3) is 0 Å². The van der Waals surface area contributed by atoms with Gasteiger partial charge in [-0.05, 0) is 6.07 Å². The van der Waals surface area contributed by atoms with Crippen molar-refractivity contribution in [1.82, 2.24) is 20.1 Å². The Hall–Kier alpha value is -1.89. The average molecular weight is 265 g/mol. The van der Waals surface area contributed by atoms with Gasteiger partial charge in [-0.2, -0.15) is 5.10 Å². The van der Waals surface area contributed by atoms with E-state index < -0.39 is 0 Å². The van der Waals surface area contributed by atoms with Gasteiger partial charge in [-0.15, -0.1) is 11.3 Å². The van der Waals surface area contributed by atoms with E-state index in [1.54, 1.807) is 29.8 Å². The Bertz CT molecular complexity index is 507. The van der Waals surface area contributed by atoms with Gasteiger partial charge < -0.3 is 11.1 Å². The number of anilines is 1. The summed E-state index contributed by atoms with van der Waals surface area (Å²) in [5.74, 6) is 0.553. The number of nitrogens with zero attached hydrogens (tertiary/aromatic N) is 3. The van der Waals surface area contributed by atoms with Gasteiger partial charge in [0.2, 0.25) is 5.91 Å². The molecule has 18 heavy (non-hydrogen) atoms. The van der Waals surface area contributed by atoms with Crippen LogP contribution in [0.25, 0.3) is 0 Å². The number of nitrogens with one attached hydrogen (secondary N) is 1. The summed E-state index contributed by atoms with van der Waals surface area (Å²) in [4.78, 5) is 15.9. The van der Waals surface area contributed by atoms with Gasteiger partial charge in [0.15, 0.2) is 0 Å². The lowest BCUT2D eigenvalue weighted by Gasteiger charge is -2.10. The zero-order valence-electron chi connectivity index (χ0n) is 10.0. The van der Waals surface area contributed by atoms with Crippen LogP contribution in [0.3, 0.4) is 0 Å². The minimum atomic E-state index is -0.0819. The molecular formula is C11H15N5OS. The summed E-state index contributed by atoms with van der Waals surface area (Å²) in [7, 11) is 0. The summed E-state index contributed by atoms with van der Waals surface area (Å²) in [5.41, 5.74) is 5.47. The number of rotatable bonds is 5. The number of carbonyl (C=O) groups excluding carboxylic acids is 1. The third-order valence-corrected chi connectivity index (χ3v) is 3.45. The first-order chi connectivity index (χ1) is 8.65. The van der Waals surface area contributed by atoms with E-state index in [0.717, 1.165) is 5.01 Å². The second kappa shape index (κ2) is 5.63. The number of thiazole rings is 1. The molecular weight excluding hydrogens is 250 g/mol. The first-order valence-corrected chi connectivity index (χ1v) is 6.48. The quantitative estimate of drug-likeness (QED) is 0.839. The molecule has 0 saturated carbocycles. The van der Waals surface area contributed by atoms with E-state index in [2.05, 4.69) is 15.4 Å². The Labute approximate surface area is 109 Å². The number of aromatic nitrogens is 3. The number of nitrogens with two attached hydrogens (primary N) is 1. The van der Waals surface area contributed by atoms with Gasteiger partial charge in [0.1, 0.15) is 12.4 Å². The average Bonchev–Trinajstić information content (AvgIpc) is 2.97. The molecule has 0 aliphatic carbocycles. The zero-order chi connectivity index (χ0) is 13.0. The summed E-state index contributed by atoms with van der Waals surface area (Å²) < 4.78 is 1.51. The van der Waals surface area contributed by atoms with E-state index in [9.17, 15) is 4.79 Å².